The van der Waals surface area contributed by atoms with E-state index in [1.165, 1.54) is 7.11 Å². The summed E-state index contributed by atoms with van der Waals surface area (Å²) in [4.78, 5) is 0. The Bertz CT molecular complexity index is 210. The van der Waals surface area contributed by atoms with Crippen LogP contribution >= 0.6 is 8.03 Å². The molecule has 82 valence electrons. The quantitative estimate of drug-likeness (QED) is 0.542. The van der Waals surface area contributed by atoms with Crippen LogP contribution in [0.25, 0.3) is 0 Å². The fourth-order valence-corrected chi connectivity index (χ4v) is 1.94. The predicted octanol–water partition coefficient (Wildman–Crippen LogP) is -0.796. The van der Waals surface area contributed by atoms with E-state index in [0.717, 1.165) is 0 Å². The molecule has 1 fully saturated rings. The molecule has 0 amide bonds. The number of hydrogen-bond acceptors (Lipinski definition) is 6. The summed E-state index contributed by atoms with van der Waals surface area (Å²) in [6, 6.07) is 0. The number of aliphatic hydroxyl groups excluding tert-OH is 3. The molecule has 1 saturated heterocycles. The molecule has 1 heterocycles. The molecule has 5 unspecified atom stereocenters. The van der Waals surface area contributed by atoms with Gasteiger partial charge in [0.25, 0.3) is 0 Å². The van der Waals surface area contributed by atoms with E-state index >= 15 is 0 Å². The van der Waals surface area contributed by atoms with Crippen molar-refractivity contribution in [3.63, 3.8) is 0 Å². The fraction of sp³-hybridized carbons (Fsp3) is 1.00. The molecule has 1 rings (SSSR count). The van der Waals surface area contributed by atoms with Crippen molar-refractivity contribution >= 4 is 8.03 Å². The second kappa shape index (κ2) is 5.11. The zero-order chi connectivity index (χ0) is 10.7. The maximum absolute atomic E-state index is 10.9. The van der Waals surface area contributed by atoms with E-state index < -0.39 is 32.6 Å². The van der Waals surface area contributed by atoms with Crippen molar-refractivity contribution in [2.24, 2.45) is 0 Å². The lowest BCUT2D eigenvalue weighted by molar-refractivity contribution is -0.127. The maximum Gasteiger partial charge on any atom is 0.507 e. The topological polar surface area (TPSA) is 96.2 Å². The Morgan fingerprint density at radius 1 is 1.36 bits per heavy atom. The molecule has 14 heavy (non-hydrogen) atoms. The van der Waals surface area contributed by atoms with E-state index in [1.807, 2.05) is 0 Å². The van der Waals surface area contributed by atoms with Gasteiger partial charge in [0, 0.05) is 6.42 Å². The van der Waals surface area contributed by atoms with Crippen LogP contribution in [0, 0.1) is 0 Å². The van der Waals surface area contributed by atoms with Gasteiger partial charge in [0.15, 0.2) is 12.5 Å². The first-order chi connectivity index (χ1) is 6.56. The van der Waals surface area contributed by atoms with Crippen LogP contribution in [0.5, 0.6) is 0 Å². The predicted molar refractivity (Wildman–Crippen MR) is 47.0 cm³/mol. The Morgan fingerprint density at radius 3 is 2.43 bits per heavy atom. The molecule has 0 radical (unpaired) electrons. The summed E-state index contributed by atoms with van der Waals surface area (Å²) in [5.41, 5.74) is 0. The Balaban J connectivity index is 2.36. The van der Waals surface area contributed by atoms with E-state index in [-0.39, 0.29) is 12.6 Å². The third kappa shape index (κ3) is 2.70. The highest BCUT2D eigenvalue weighted by atomic mass is 31.1. The average Bonchev–Trinajstić information content (AvgIpc) is 2.42. The molecule has 0 spiro atoms. The summed E-state index contributed by atoms with van der Waals surface area (Å²) >= 11 is 0. The molecule has 0 saturated carbocycles. The second-order valence-corrected chi connectivity index (χ2v) is 4.55. The van der Waals surface area contributed by atoms with Crippen molar-refractivity contribution in [2.45, 2.75) is 31.0 Å². The standard InChI is InChI=1S/C7H14O6P/c1-12-14(11)3-2-4-5(8)6(9)7(10)13-4/h4-10H,2-3H2,1H3/q+1. The Labute approximate surface area is 82.3 Å². The van der Waals surface area contributed by atoms with Crippen LogP contribution < -0.4 is 0 Å². The number of hydrogen-bond donors (Lipinski definition) is 3. The zero-order valence-electron chi connectivity index (χ0n) is 7.74. The van der Waals surface area contributed by atoms with E-state index in [9.17, 15) is 9.67 Å². The van der Waals surface area contributed by atoms with Gasteiger partial charge in [0.05, 0.1) is 13.2 Å². The first kappa shape index (κ1) is 12.0. The van der Waals surface area contributed by atoms with Crippen molar-refractivity contribution < 1.29 is 29.1 Å². The zero-order valence-corrected chi connectivity index (χ0v) is 8.63. The third-order valence-corrected chi connectivity index (χ3v) is 3.17. The summed E-state index contributed by atoms with van der Waals surface area (Å²) in [5, 5.41) is 27.5. The Morgan fingerprint density at radius 2 is 2.00 bits per heavy atom. The number of rotatable bonds is 4. The number of aliphatic hydroxyl groups is 3. The van der Waals surface area contributed by atoms with Crippen molar-refractivity contribution in [3.8, 4) is 0 Å². The van der Waals surface area contributed by atoms with Crippen LogP contribution in [0.1, 0.15) is 6.42 Å². The van der Waals surface area contributed by atoms with Gasteiger partial charge in [-0.2, -0.15) is 0 Å². The molecular formula is C7H14O6P+. The minimum Gasteiger partial charge on any atom is -0.387 e. The fourth-order valence-electron chi connectivity index (χ4n) is 1.29. The van der Waals surface area contributed by atoms with Gasteiger partial charge in [-0.15, -0.1) is 4.52 Å². The first-order valence-electron chi connectivity index (χ1n) is 4.24. The molecule has 7 heteroatoms. The molecule has 0 aromatic heterocycles. The summed E-state index contributed by atoms with van der Waals surface area (Å²) in [6.07, 6.45) is -3.97. The molecule has 0 bridgehead atoms. The Kier molecular flexibility index (Phi) is 4.37. The lowest BCUT2D eigenvalue weighted by Gasteiger charge is -2.10. The van der Waals surface area contributed by atoms with E-state index in [1.54, 1.807) is 0 Å². The molecule has 5 atom stereocenters. The van der Waals surface area contributed by atoms with Gasteiger partial charge in [-0.1, -0.05) is 0 Å². The average molecular weight is 225 g/mol. The molecule has 1 aliphatic rings. The SMILES string of the molecule is CO[P+](=O)CCC1OC(O)C(O)C1O. The van der Waals surface area contributed by atoms with Crippen molar-refractivity contribution in [1.29, 1.82) is 0 Å². The van der Waals surface area contributed by atoms with Gasteiger partial charge >= 0.3 is 8.03 Å². The summed E-state index contributed by atoms with van der Waals surface area (Å²) in [5.74, 6) is 0. The molecule has 0 aliphatic carbocycles. The normalized spacial score (nSPS) is 38.7. The molecule has 1 aliphatic heterocycles. The van der Waals surface area contributed by atoms with Gasteiger partial charge < -0.3 is 20.1 Å². The molecule has 0 aromatic carbocycles. The first-order valence-corrected chi connectivity index (χ1v) is 5.61. The summed E-state index contributed by atoms with van der Waals surface area (Å²) in [6.45, 7) is 0. The van der Waals surface area contributed by atoms with Crippen LogP contribution in [-0.4, -0.2) is 53.2 Å². The highest BCUT2D eigenvalue weighted by Crippen LogP contribution is 2.27. The van der Waals surface area contributed by atoms with Crippen LogP contribution in [-0.2, 0) is 13.8 Å². The second-order valence-electron chi connectivity index (χ2n) is 3.07. The highest BCUT2D eigenvalue weighted by molar-refractivity contribution is 7.39. The van der Waals surface area contributed by atoms with Crippen LogP contribution in [0.2, 0.25) is 0 Å². The van der Waals surface area contributed by atoms with Gasteiger partial charge in [0.2, 0.25) is 0 Å². The largest absolute Gasteiger partial charge is 0.507 e. The minimum absolute atomic E-state index is 0.229. The van der Waals surface area contributed by atoms with Crippen LogP contribution in [0.3, 0.4) is 0 Å². The van der Waals surface area contributed by atoms with Gasteiger partial charge in [-0.25, -0.2) is 0 Å². The van der Waals surface area contributed by atoms with Crippen LogP contribution in [0.15, 0.2) is 0 Å². The number of ether oxygens (including phenoxy) is 1. The molecule has 3 N–H and O–H groups in total. The van der Waals surface area contributed by atoms with Gasteiger partial charge in [0.1, 0.15) is 12.2 Å². The van der Waals surface area contributed by atoms with Crippen molar-refractivity contribution in [2.75, 3.05) is 13.3 Å². The molecular weight excluding hydrogens is 211 g/mol. The van der Waals surface area contributed by atoms with E-state index in [2.05, 4.69) is 4.52 Å². The van der Waals surface area contributed by atoms with Crippen molar-refractivity contribution in [1.82, 2.24) is 0 Å². The summed E-state index contributed by atoms with van der Waals surface area (Å²) < 4.78 is 20.3. The van der Waals surface area contributed by atoms with Gasteiger partial charge in [-0.3, -0.25) is 0 Å². The smallest absolute Gasteiger partial charge is 0.387 e. The van der Waals surface area contributed by atoms with Gasteiger partial charge in [-0.05, 0) is 4.57 Å². The minimum atomic E-state index is -1.75. The van der Waals surface area contributed by atoms with Crippen LogP contribution in [0.4, 0.5) is 0 Å². The van der Waals surface area contributed by atoms with Crippen molar-refractivity contribution in [3.05, 3.63) is 0 Å². The monoisotopic (exact) mass is 225 g/mol. The lowest BCUT2D eigenvalue weighted by Crippen LogP contribution is -2.32. The molecule has 6 nitrogen and oxygen atoms in total. The van der Waals surface area contributed by atoms with E-state index in [4.69, 9.17) is 14.9 Å². The van der Waals surface area contributed by atoms with E-state index in [0.29, 0.717) is 0 Å². The Hall–Kier alpha value is -0.100. The third-order valence-electron chi connectivity index (χ3n) is 2.14. The highest BCUT2D eigenvalue weighted by Gasteiger charge is 2.42. The summed E-state index contributed by atoms with van der Waals surface area (Å²) in [7, 11) is -0.419. The maximum atomic E-state index is 10.9. The molecule has 0 aromatic rings. The lowest BCUT2D eigenvalue weighted by atomic mass is 10.1.